The Morgan fingerprint density at radius 2 is 2.32 bits per heavy atom. The largest absolute Gasteiger partial charge is 0.334 e. The summed E-state index contributed by atoms with van der Waals surface area (Å²) in [5.41, 5.74) is 0.449. The Kier molecular flexibility index (Phi) is 6.04. The number of nitrogens with zero attached hydrogens (tertiary/aromatic N) is 1. The predicted octanol–water partition coefficient (Wildman–Crippen LogP) is 2.72. The maximum absolute atomic E-state index is 13.1. The second-order valence-corrected chi connectivity index (χ2v) is 4.89. The van der Waals surface area contributed by atoms with E-state index in [1.54, 1.807) is 0 Å². The zero-order chi connectivity index (χ0) is 13.1. The number of rotatable bonds is 3. The number of carbonyl (C=O) groups is 1. The van der Waals surface area contributed by atoms with E-state index in [0.717, 1.165) is 25.9 Å². The minimum atomic E-state index is -0.499. The number of hydrogen-bond acceptors (Lipinski definition) is 2. The Morgan fingerprint density at radius 3 is 2.95 bits per heavy atom. The number of amides is 1. The van der Waals surface area contributed by atoms with Crippen LogP contribution in [0.3, 0.4) is 0 Å². The predicted molar refractivity (Wildman–Crippen MR) is 76.6 cm³/mol. The Balaban J connectivity index is 0.00000180. The van der Waals surface area contributed by atoms with Crippen molar-refractivity contribution >= 4 is 29.9 Å². The molecular weight excluding hydrogens is 290 g/mol. The van der Waals surface area contributed by atoms with Crippen LogP contribution in [-0.4, -0.2) is 37.0 Å². The van der Waals surface area contributed by atoms with Crippen LogP contribution in [0.15, 0.2) is 18.2 Å². The van der Waals surface area contributed by atoms with E-state index < -0.39 is 5.82 Å². The lowest BCUT2D eigenvalue weighted by Crippen LogP contribution is -2.40. The zero-order valence-corrected chi connectivity index (χ0v) is 12.2. The van der Waals surface area contributed by atoms with Crippen molar-refractivity contribution in [3.05, 3.63) is 34.6 Å². The average Bonchev–Trinajstić information content (AvgIpc) is 2.80. The van der Waals surface area contributed by atoms with Crippen LogP contribution in [0, 0.1) is 5.82 Å². The number of likely N-dealkylation sites (N-methyl/N-ethyl adjacent to an activating group) is 1. The molecular formula is C13H17Cl2FN2O. The summed E-state index contributed by atoms with van der Waals surface area (Å²) in [6.07, 6.45) is 2.01. The number of hydrogen-bond donors (Lipinski definition) is 1. The third-order valence-corrected chi connectivity index (χ3v) is 3.53. The van der Waals surface area contributed by atoms with Crippen molar-refractivity contribution < 1.29 is 9.18 Å². The van der Waals surface area contributed by atoms with E-state index in [0.29, 0.717) is 5.56 Å². The highest BCUT2D eigenvalue weighted by Crippen LogP contribution is 2.22. The molecule has 1 fully saturated rings. The topological polar surface area (TPSA) is 32.3 Å². The third-order valence-electron chi connectivity index (χ3n) is 3.24. The molecule has 19 heavy (non-hydrogen) atoms. The van der Waals surface area contributed by atoms with Crippen LogP contribution in [0.1, 0.15) is 23.2 Å². The van der Waals surface area contributed by atoms with Crippen LogP contribution in [0.25, 0.3) is 0 Å². The summed E-state index contributed by atoms with van der Waals surface area (Å²) in [7, 11) is 1.87. The first kappa shape index (κ1) is 16.2. The molecule has 2 rings (SSSR count). The average molecular weight is 307 g/mol. The van der Waals surface area contributed by atoms with Gasteiger partial charge in [-0.05, 0) is 38.1 Å². The van der Waals surface area contributed by atoms with Crippen LogP contribution in [0.4, 0.5) is 4.39 Å². The summed E-state index contributed by atoms with van der Waals surface area (Å²) in [5.74, 6) is -0.573. The molecule has 1 aliphatic rings. The molecule has 1 aromatic carbocycles. The van der Waals surface area contributed by atoms with Crippen LogP contribution in [0.2, 0.25) is 5.02 Å². The van der Waals surface area contributed by atoms with Gasteiger partial charge in [0.2, 0.25) is 0 Å². The molecule has 3 nitrogen and oxygen atoms in total. The summed E-state index contributed by atoms with van der Waals surface area (Å²) in [6, 6.07) is 4.33. The number of nitrogens with one attached hydrogen (secondary N) is 1. The molecule has 0 bridgehead atoms. The van der Waals surface area contributed by atoms with Crippen LogP contribution in [-0.2, 0) is 0 Å². The van der Waals surface area contributed by atoms with E-state index in [2.05, 4.69) is 5.32 Å². The van der Waals surface area contributed by atoms with E-state index in [1.165, 1.54) is 18.2 Å². The highest BCUT2D eigenvalue weighted by Gasteiger charge is 2.28. The molecule has 1 N–H and O–H groups in total. The van der Waals surface area contributed by atoms with Gasteiger partial charge < -0.3 is 10.2 Å². The van der Waals surface area contributed by atoms with Gasteiger partial charge in [-0.25, -0.2) is 4.39 Å². The fourth-order valence-electron chi connectivity index (χ4n) is 2.35. The van der Waals surface area contributed by atoms with Crippen molar-refractivity contribution in [2.45, 2.75) is 18.9 Å². The highest BCUT2D eigenvalue weighted by molar-refractivity contribution is 6.31. The van der Waals surface area contributed by atoms with Gasteiger partial charge >= 0.3 is 0 Å². The molecule has 1 saturated heterocycles. The van der Waals surface area contributed by atoms with Crippen molar-refractivity contribution in [1.29, 1.82) is 0 Å². The van der Waals surface area contributed by atoms with Crippen molar-refractivity contribution in [2.24, 2.45) is 0 Å². The molecule has 6 heteroatoms. The molecule has 1 unspecified atom stereocenters. The molecule has 1 aromatic rings. The maximum Gasteiger partial charge on any atom is 0.254 e. The van der Waals surface area contributed by atoms with Crippen molar-refractivity contribution in [3.63, 3.8) is 0 Å². The molecule has 1 amide bonds. The van der Waals surface area contributed by atoms with E-state index in [-0.39, 0.29) is 29.4 Å². The monoisotopic (exact) mass is 306 g/mol. The minimum absolute atomic E-state index is 0. The number of benzene rings is 1. The van der Waals surface area contributed by atoms with Gasteiger partial charge in [0.25, 0.3) is 5.91 Å². The van der Waals surface area contributed by atoms with Gasteiger partial charge in [0.05, 0.1) is 5.02 Å². The minimum Gasteiger partial charge on any atom is -0.334 e. The number of halogens is 3. The standard InChI is InChI=1S/C13H16ClFN2O.ClH/c1-16-8-10-3-2-6-17(10)13(18)9-4-5-12(15)11(14)7-9;/h4-5,7,10,16H,2-3,6,8H2,1H3;1H. The fourth-order valence-corrected chi connectivity index (χ4v) is 2.53. The first-order valence-electron chi connectivity index (χ1n) is 6.04. The van der Waals surface area contributed by atoms with Crippen LogP contribution < -0.4 is 5.32 Å². The lowest BCUT2D eigenvalue weighted by molar-refractivity contribution is 0.0737. The van der Waals surface area contributed by atoms with Gasteiger partial charge in [0.1, 0.15) is 5.82 Å². The Morgan fingerprint density at radius 1 is 1.58 bits per heavy atom. The van der Waals surface area contributed by atoms with E-state index in [4.69, 9.17) is 11.6 Å². The van der Waals surface area contributed by atoms with E-state index in [9.17, 15) is 9.18 Å². The number of likely N-dealkylation sites (tertiary alicyclic amines) is 1. The molecule has 106 valence electrons. The lowest BCUT2D eigenvalue weighted by atomic mass is 10.1. The highest BCUT2D eigenvalue weighted by atomic mass is 35.5. The van der Waals surface area contributed by atoms with Gasteiger partial charge in [-0.15, -0.1) is 12.4 Å². The Bertz CT molecular complexity index is 456. The second kappa shape index (κ2) is 7.08. The Labute approximate surface area is 123 Å². The Hall–Kier alpha value is -0.840. The zero-order valence-electron chi connectivity index (χ0n) is 10.7. The van der Waals surface area contributed by atoms with Gasteiger partial charge in [-0.3, -0.25) is 4.79 Å². The van der Waals surface area contributed by atoms with E-state index in [1.807, 2.05) is 11.9 Å². The molecule has 1 aliphatic heterocycles. The molecule has 0 radical (unpaired) electrons. The van der Waals surface area contributed by atoms with Gasteiger partial charge in [0, 0.05) is 24.7 Å². The van der Waals surface area contributed by atoms with E-state index >= 15 is 0 Å². The maximum atomic E-state index is 13.1. The van der Waals surface area contributed by atoms with Gasteiger partial charge in [0.15, 0.2) is 0 Å². The molecule has 0 spiro atoms. The van der Waals surface area contributed by atoms with Crippen LogP contribution in [0.5, 0.6) is 0 Å². The van der Waals surface area contributed by atoms with Crippen molar-refractivity contribution in [3.8, 4) is 0 Å². The molecule has 1 heterocycles. The summed E-state index contributed by atoms with van der Waals surface area (Å²) in [6.45, 7) is 1.53. The van der Waals surface area contributed by atoms with Gasteiger partial charge in [-0.2, -0.15) is 0 Å². The SMILES string of the molecule is CNCC1CCCN1C(=O)c1ccc(F)c(Cl)c1.Cl. The number of carbonyl (C=O) groups excluding carboxylic acids is 1. The molecule has 0 saturated carbocycles. The van der Waals surface area contributed by atoms with Gasteiger partial charge in [-0.1, -0.05) is 11.6 Å². The molecule has 1 atom stereocenters. The fraction of sp³-hybridized carbons (Fsp3) is 0.462. The lowest BCUT2D eigenvalue weighted by Gasteiger charge is -2.24. The van der Waals surface area contributed by atoms with Crippen molar-refractivity contribution in [1.82, 2.24) is 10.2 Å². The normalized spacial score (nSPS) is 18.3. The smallest absolute Gasteiger partial charge is 0.254 e. The summed E-state index contributed by atoms with van der Waals surface area (Å²) < 4.78 is 13.1. The summed E-state index contributed by atoms with van der Waals surface area (Å²) >= 11 is 5.70. The molecule has 0 aromatic heterocycles. The van der Waals surface area contributed by atoms with Crippen LogP contribution >= 0.6 is 24.0 Å². The molecule has 0 aliphatic carbocycles. The first-order chi connectivity index (χ1) is 8.63. The first-order valence-corrected chi connectivity index (χ1v) is 6.42. The quantitative estimate of drug-likeness (QED) is 0.931. The second-order valence-electron chi connectivity index (χ2n) is 4.48. The summed E-state index contributed by atoms with van der Waals surface area (Å²) in [5, 5.41) is 3.08. The summed E-state index contributed by atoms with van der Waals surface area (Å²) in [4.78, 5) is 14.1. The third kappa shape index (κ3) is 3.59. The van der Waals surface area contributed by atoms with Crippen molar-refractivity contribution in [2.75, 3.05) is 20.1 Å².